The van der Waals surface area contributed by atoms with Crippen molar-refractivity contribution in [2.24, 2.45) is 0 Å². The van der Waals surface area contributed by atoms with Gasteiger partial charge in [0.05, 0.1) is 16.3 Å². The lowest BCUT2D eigenvalue weighted by Gasteiger charge is -2.06. The van der Waals surface area contributed by atoms with Gasteiger partial charge in [-0.25, -0.2) is 9.48 Å². The van der Waals surface area contributed by atoms with Gasteiger partial charge >= 0.3 is 5.97 Å². The van der Waals surface area contributed by atoms with E-state index in [4.69, 9.17) is 16.3 Å². The van der Waals surface area contributed by atoms with Crippen molar-refractivity contribution in [3.63, 3.8) is 0 Å². The lowest BCUT2D eigenvalue weighted by atomic mass is 10.2. The molecule has 7 nitrogen and oxygen atoms in total. The van der Waals surface area contributed by atoms with Crippen LogP contribution in [-0.4, -0.2) is 20.7 Å². The number of hydrogen-bond donors (Lipinski definition) is 0. The molecule has 0 spiro atoms. The molecule has 0 aliphatic heterocycles. The molecule has 0 fully saturated rings. The standard InChI is InChI=1S/C18H14ClN3O4/c1-12-15(17(19)21(20-12)13-7-3-2-4-8-13)11-26-18(23)14-9-5-6-10-16(14)22(24)25/h2-10H,11H2,1H3. The number of nitrogens with zero attached hydrogens (tertiary/aromatic N) is 3. The third-order valence-corrected chi connectivity index (χ3v) is 4.18. The van der Waals surface area contributed by atoms with E-state index in [0.29, 0.717) is 16.4 Å². The molecule has 132 valence electrons. The highest BCUT2D eigenvalue weighted by atomic mass is 35.5. The van der Waals surface area contributed by atoms with Crippen LogP contribution in [0.5, 0.6) is 0 Å². The maximum Gasteiger partial charge on any atom is 0.345 e. The van der Waals surface area contributed by atoms with Crippen LogP contribution in [0.2, 0.25) is 5.15 Å². The molecule has 0 unspecified atom stereocenters. The summed E-state index contributed by atoms with van der Waals surface area (Å²) in [6.07, 6.45) is 0. The highest BCUT2D eigenvalue weighted by Crippen LogP contribution is 2.25. The highest BCUT2D eigenvalue weighted by Gasteiger charge is 2.22. The molecule has 3 aromatic rings. The number of nitro groups is 1. The zero-order valence-electron chi connectivity index (χ0n) is 13.8. The number of benzene rings is 2. The average Bonchev–Trinajstić information content (AvgIpc) is 2.94. The second-order valence-corrected chi connectivity index (χ2v) is 5.81. The SMILES string of the molecule is Cc1nn(-c2ccccc2)c(Cl)c1COC(=O)c1ccccc1[N+](=O)[O-]. The van der Waals surface area contributed by atoms with Gasteiger partial charge in [0, 0.05) is 11.6 Å². The van der Waals surface area contributed by atoms with Crippen molar-refractivity contribution in [3.05, 3.63) is 86.7 Å². The van der Waals surface area contributed by atoms with E-state index in [9.17, 15) is 14.9 Å². The summed E-state index contributed by atoms with van der Waals surface area (Å²) in [5.74, 6) is -0.791. The van der Waals surface area contributed by atoms with Crippen molar-refractivity contribution < 1.29 is 14.5 Å². The Bertz CT molecular complexity index is 970. The summed E-state index contributed by atoms with van der Waals surface area (Å²) in [4.78, 5) is 22.7. The van der Waals surface area contributed by atoms with Gasteiger partial charge in [-0.3, -0.25) is 10.1 Å². The Kier molecular flexibility index (Phi) is 4.99. The normalized spacial score (nSPS) is 10.5. The topological polar surface area (TPSA) is 87.3 Å². The summed E-state index contributed by atoms with van der Waals surface area (Å²) < 4.78 is 6.78. The summed E-state index contributed by atoms with van der Waals surface area (Å²) in [6, 6.07) is 14.9. The van der Waals surface area contributed by atoms with E-state index < -0.39 is 10.9 Å². The maximum absolute atomic E-state index is 12.2. The number of hydrogen-bond acceptors (Lipinski definition) is 5. The van der Waals surface area contributed by atoms with E-state index in [1.54, 1.807) is 11.6 Å². The minimum Gasteiger partial charge on any atom is -0.457 e. The van der Waals surface area contributed by atoms with Crippen LogP contribution in [0.4, 0.5) is 5.69 Å². The first-order valence-corrected chi connectivity index (χ1v) is 8.07. The van der Waals surface area contributed by atoms with Gasteiger partial charge in [0.15, 0.2) is 0 Å². The van der Waals surface area contributed by atoms with Gasteiger partial charge in [0.25, 0.3) is 5.69 Å². The fourth-order valence-corrected chi connectivity index (χ4v) is 2.78. The van der Waals surface area contributed by atoms with E-state index >= 15 is 0 Å². The summed E-state index contributed by atoms with van der Waals surface area (Å²) in [6.45, 7) is 1.61. The van der Waals surface area contributed by atoms with E-state index in [1.165, 1.54) is 24.3 Å². The van der Waals surface area contributed by atoms with E-state index in [0.717, 1.165) is 5.69 Å². The molecule has 0 radical (unpaired) electrons. The monoisotopic (exact) mass is 371 g/mol. The van der Waals surface area contributed by atoms with Crippen molar-refractivity contribution in [2.45, 2.75) is 13.5 Å². The van der Waals surface area contributed by atoms with Crippen molar-refractivity contribution in [3.8, 4) is 5.69 Å². The number of aryl methyl sites for hydroxylation is 1. The molecule has 0 bridgehead atoms. The smallest absolute Gasteiger partial charge is 0.345 e. The minimum absolute atomic E-state index is 0.110. The van der Waals surface area contributed by atoms with Crippen LogP contribution in [0.3, 0.4) is 0 Å². The maximum atomic E-state index is 12.2. The number of nitro benzene ring substituents is 1. The molecule has 2 aromatic carbocycles. The molecule has 0 aliphatic carbocycles. The predicted octanol–water partition coefficient (Wildman–Crippen LogP) is 4.10. The Morgan fingerprint density at radius 3 is 2.54 bits per heavy atom. The number of ether oxygens (including phenoxy) is 1. The van der Waals surface area contributed by atoms with Gasteiger partial charge in [0.1, 0.15) is 17.3 Å². The van der Waals surface area contributed by atoms with Gasteiger partial charge in [-0.2, -0.15) is 5.10 Å². The van der Waals surface area contributed by atoms with Crippen molar-refractivity contribution in [1.82, 2.24) is 9.78 Å². The highest BCUT2D eigenvalue weighted by molar-refractivity contribution is 6.30. The number of carbonyl (C=O) groups is 1. The molecule has 0 atom stereocenters. The summed E-state index contributed by atoms with van der Waals surface area (Å²) in [7, 11) is 0. The number of aromatic nitrogens is 2. The van der Waals surface area contributed by atoms with Crippen LogP contribution in [-0.2, 0) is 11.3 Å². The first-order valence-electron chi connectivity index (χ1n) is 7.69. The fraction of sp³-hybridized carbons (Fsp3) is 0.111. The molecule has 1 heterocycles. The minimum atomic E-state index is -0.791. The Balaban J connectivity index is 1.82. The quantitative estimate of drug-likeness (QED) is 0.383. The van der Waals surface area contributed by atoms with Crippen LogP contribution in [0.1, 0.15) is 21.6 Å². The summed E-state index contributed by atoms with van der Waals surface area (Å²) in [5, 5.41) is 15.7. The molecule has 1 aromatic heterocycles. The first kappa shape index (κ1) is 17.6. The molecule has 0 saturated heterocycles. The average molecular weight is 372 g/mol. The fourth-order valence-electron chi connectivity index (χ4n) is 2.46. The number of rotatable bonds is 5. The molecular weight excluding hydrogens is 358 g/mol. The number of esters is 1. The lowest BCUT2D eigenvalue weighted by Crippen LogP contribution is -2.08. The Morgan fingerprint density at radius 2 is 1.85 bits per heavy atom. The van der Waals surface area contributed by atoms with Gasteiger partial charge in [-0.1, -0.05) is 41.9 Å². The van der Waals surface area contributed by atoms with Crippen molar-refractivity contribution >= 4 is 23.3 Å². The number of carbonyl (C=O) groups excluding carboxylic acids is 1. The second-order valence-electron chi connectivity index (χ2n) is 5.45. The molecule has 26 heavy (non-hydrogen) atoms. The first-order chi connectivity index (χ1) is 12.5. The molecule has 0 amide bonds. The predicted molar refractivity (Wildman–Crippen MR) is 95.5 cm³/mol. The molecular formula is C18H14ClN3O4. The lowest BCUT2D eigenvalue weighted by molar-refractivity contribution is -0.385. The van der Waals surface area contributed by atoms with Crippen LogP contribution < -0.4 is 0 Å². The van der Waals surface area contributed by atoms with E-state index in [2.05, 4.69) is 5.10 Å². The molecule has 0 aliphatic rings. The molecule has 3 rings (SSSR count). The van der Waals surface area contributed by atoms with Gasteiger partial charge in [0.2, 0.25) is 0 Å². The van der Waals surface area contributed by atoms with E-state index in [-0.39, 0.29) is 17.9 Å². The Morgan fingerprint density at radius 1 is 1.19 bits per heavy atom. The molecule has 0 saturated carbocycles. The zero-order valence-corrected chi connectivity index (χ0v) is 14.5. The van der Waals surface area contributed by atoms with Crippen LogP contribution in [0.25, 0.3) is 5.69 Å². The van der Waals surface area contributed by atoms with Crippen LogP contribution >= 0.6 is 11.6 Å². The Hall–Kier alpha value is -3.19. The van der Waals surface area contributed by atoms with Crippen LogP contribution in [0.15, 0.2) is 54.6 Å². The van der Waals surface area contributed by atoms with Gasteiger partial charge in [-0.15, -0.1) is 0 Å². The number of para-hydroxylation sites is 2. The Labute approximate surface area is 153 Å². The van der Waals surface area contributed by atoms with Crippen molar-refractivity contribution in [2.75, 3.05) is 0 Å². The van der Waals surface area contributed by atoms with Crippen LogP contribution in [0, 0.1) is 17.0 Å². The molecule has 8 heteroatoms. The third-order valence-electron chi connectivity index (χ3n) is 3.79. The number of halogens is 1. The van der Waals surface area contributed by atoms with Gasteiger partial charge < -0.3 is 4.74 Å². The third kappa shape index (κ3) is 3.43. The van der Waals surface area contributed by atoms with Crippen molar-refractivity contribution in [1.29, 1.82) is 0 Å². The van der Waals surface area contributed by atoms with Gasteiger partial charge in [-0.05, 0) is 25.1 Å². The second kappa shape index (κ2) is 7.37. The zero-order chi connectivity index (χ0) is 18.7. The largest absolute Gasteiger partial charge is 0.457 e. The van der Waals surface area contributed by atoms with E-state index in [1.807, 2.05) is 30.3 Å². The molecule has 0 N–H and O–H groups in total. The summed E-state index contributed by atoms with van der Waals surface area (Å²) >= 11 is 6.38. The summed E-state index contributed by atoms with van der Waals surface area (Å²) in [5.41, 5.74) is 1.51.